The van der Waals surface area contributed by atoms with Gasteiger partial charge in [0.25, 0.3) is 10.0 Å². The normalized spacial score (nSPS) is 11.7. The molecule has 7 nitrogen and oxygen atoms in total. The lowest BCUT2D eigenvalue weighted by molar-refractivity contribution is 0.414. The second-order valence-electron chi connectivity index (χ2n) is 7.62. The lowest BCUT2D eigenvalue weighted by Gasteiger charge is -2.13. The largest absolute Gasteiger partial charge is 0.497 e. The lowest BCUT2D eigenvalue weighted by atomic mass is 10.1. The Morgan fingerprint density at radius 3 is 2.21 bits per heavy atom. The van der Waals surface area contributed by atoms with Crippen molar-refractivity contribution in [3.63, 3.8) is 0 Å². The second-order valence-corrected chi connectivity index (χ2v) is 9.30. The molecule has 0 atom stereocenters. The van der Waals surface area contributed by atoms with Crippen molar-refractivity contribution < 1.29 is 13.2 Å². The molecule has 0 bridgehead atoms. The number of aryl methyl sites for hydroxylation is 2. The van der Waals surface area contributed by atoms with Gasteiger partial charge in [-0.2, -0.15) is 0 Å². The number of rotatable bonds is 7. The standard InChI is InChI=1S/C25H22N4O3S/c1-32-19-13-11-18(12-14-19)15-16-29-24(28-33(30,31)20-7-3-2-4-8-20)17-23-25(29)27-22-10-6-5-9-21(22)26-23/h2-14,17,28H,15-16H2,1H3. The van der Waals surface area contributed by atoms with Crippen molar-refractivity contribution in [1.29, 1.82) is 0 Å². The van der Waals surface area contributed by atoms with E-state index in [1.807, 2.05) is 53.1 Å². The molecule has 33 heavy (non-hydrogen) atoms. The number of benzene rings is 3. The molecule has 0 spiro atoms. The first-order chi connectivity index (χ1) is 16.0. The highest BCUT2D eigenvalue weighted by Crippen LogP contribution is 2.26. The number of fused-ring (bicyclic) bond motifs is 2. The number of nitrogens with zero attached hydrogens (tertiary/aromatic N) is 3. The van der Waals surface area contributed by atoms with Gasteiger partial charge >= 0.3 is 0 Å². The molecule has 0 aliphatic rings. The highest BCUT2D eigenvalue weighted by Gasteiger charge is 2.19. The van der Waals surface area contributed by atoms with E-state index in [9.17, 15) is 8.42 Å². The van der Waals surface area contributed by atoms with Crippen molar-refractivity contribution in [2.45, 2.75) is 17.9 Å². The Morgan fingerprint density at radius 2 is 1.52 bits per heavy atom. The first kappa shape index (κ1) is 21.0. The predicted molar refractivity (Wildman–Crippen MR) is 129 cm³/mol. The maximum atomic E-state index is 13.0. The molecular weight excluding hydrogens is 436 g/mol. The van der Waals surface area contributed by atoms with Gasteiger partial charge in [-0.15, -0.1) is 0 Å². The number of ether oxygens (including phenoxy) is 1. The fourth-order valence-corrected chi connectivity index (χ4v) is 4.84. The monoisotopic (exact) mass is 458 g/mol. The third-order valence-corrected chi connectivity index (χ3v) is 6.84. The van der Waals surface area contributed by atoms with Gasteiger partial charge < -0.3 is 9.30 Å². The number of methoxy groups -OCH3 is 1. The lowest BCUT2D eigenvalue weighted by Crippen LogP contribution is -2.16. The molecule has 1 N–H and O–H groups in total. The highest BCUT2D eigenvalue weighted by molar-refractivity contribution is 7.92. The Morgan fingerprint density at radius 1 is 0.848 bits per heavy atom. The zero-order valence-electron chi connectivity index (χ0n) is 18.0. The summed E-state index contributed by atoms with van der Waals surface area (Å²) in [5, 5.41) is 0. The summed E-state index contributed by atoms with van der Waals surface area (Å²) in [7, 11) is -2.13. The molecular formula is C25H22N4O3S. The summed E-state index contributed by atoms with van der Waals surface area (Å²) in [6.45, 7) is 0.523. The summed E-state index contributed by atoms with van der Waals surface area (Å²) in [5.41, 5.74) is 3.88. The molecule has 0 fully saturated rings. The number of aromatic nitrogens is 3. The fraction of sp³-hybridized carbons (Fsp3) is 0.120. The summed E-state index contributed by atoms with van der Waals surface area (Å²) in [5.74, 6) is 1.22. The Labute approximate surface area is 191 Å². The van der Waals surface area contributed by atoms with Crippen LogP contribution in [0.3, 0.4) is 0 Å². The topological polar surface area (TPSA) is 86.1 Å². The van der Waals surface area contributed by atoms with Crippen LogP contribution in [0.2, 0.25) is 0 Å². The average Bonchev–Trinajstić information content (AvgIpc) is 3.17. The van der Waals surface area contributed by atoms with Gasteiger partial charge in [0.15, 0.2) is 5.65 Å². The van der Waals surface area contributed by atoms with Gasteiger partial charge in [-0.1, -0.05) is 42.5 Å². The van der Waals surface area contributed by atoms with Crippen molar-refractivity contribution >= 4 is 38.0 Å². The first-order valence-electron chi connectivity index (χ1n) is 10.5. The summed E-state index contributed by atoms with van der Waals surface area (Å²) >= 11 is 0. The minimum Gasteiger partial charge on any atom is -0.497 e. The predicted octanol–water partition coefficient (Wildman–Crippen LogP) is 4.64. The molecule has 2 heterocycles. The van der Waals surface area contributed by atoms with Crippen LogP contribution in [-0.4, -0.2) is 30.1 Å². The SMILES string of the molecule is COc1ccc(CCn2c(NS(=O)(=O)c3ccccc3)cc3nc4ccccc4nc32)cc1. The number of sulfonamides is 1. The molecule has 0 unspecified atom stereocenters. The van der Waals surface area contributed by atoms with Gasteiger partial charge in [0.05, 0.1) is 23.0 Å². The van der Waals surface area contributed by atoms with E-state index in [0.29, 0.717) is 29.9 Å². The molecule has 166 valence electrons. The quantitative estimate of drug-likeness (QED) is 0.384. The summed E-state index contributed by atoms with van der Waals surface area (Å²) in [4.78, 5) is 9.69. The fourth-order valence-electron chi connectivity index (χ4n) is 3.76. The van der Waals surface area contributed by atoms with Gasteiger partial charge in [0.1, 0.15) is 17.1 Å². The first-order valence-corrected chi connectivity index (χ1v) is 12.0. The van der Waals surface area contributed by atoms with Crippen LogP contribution < -0.4 is 9.46 Å². The van der Waals surface area contributed by atoms with E-state index in [1.54, 1.807) is 43.5 Å². The summed E-state index contributed by atoms with van der Waals surface area (Å²) in [6.07, 6.45) is 0.683. The Balaban J connectivity index is 1.56. The zero-order chi connectivity index (χ0) is 22.8. The maximum Gasteiger partial charge on any atom is 0.263 e. The average molecular weight is 459 g/mol. The smallest absolute Gasteiger partial charge is 0.263 e. The van der Waals surface area contributed by atoms with Crippen LogP contribution in [0.1, 0.15) is 5.56 Å². The second kappa shape index (κ2) is 8.55. The van der Waals surface area contributed by atoms with E-state index in [-0.39, 0.29) is 4.90 Å². The van der Waals surface area contributed by atoms with Gasteiger partial charge in [-0.05, 0) is 48.4 Å². The van der Waals surface area contributed by atoms with Crippen LogP contribution >= 0.6 is 0 Å². The molecule has 0 aliphatic heterocycles. The third-order valence-electron chi connectivity index (χ3n) is 5.47. The number of anilines is 1. The molecule has 0 amide bonds. The van der Waals surface area contributed by atoms with Crippen molar-refractivity contribution in [3.05, 3.63) is 90.5 Å². The highest BCUT2D eigenvalue weighted by atomic mass is 32.2. The number of hydrogen-bond acceptors (Lipinski definition) is 5. The zero-order valence-corrected chi connectivity index (χ0v) is 18.8. The van der Waals surface area contributed by atoms with E-state index in [1.165, 1.54) is 0 Å². The van der Waals surface area contributed by atoms with E-state index in [2.05, 4.69) is 4.72 Å². The summed E-state index contributed by atoms with van der Waals surface area (Å²) in [6, 6.07) is 25.5. The molecule has 5 rings (SSSR count). The molecule has 0 aliphatic carbocycles. The molecule has 3 aromatic carbocycles. The van der Waals surface area contributed by atoms with Crippen LogP contribution in [0, 0.1) is 0 Å². The minimum absolute atomic E-state index is 0.197. The van der Waals surface area contributed by atoms with E-state index < -0.39 is 10.0 Å². The maximum absolute atomic E-state index is 13.0. The third kappa shape index (κ3) is 4.25. The molecule has 0 radical (unpaired) electrons. The van der Waals surface area contributed by atoms with Crippen LogP contribution in [0.4, 0.5) is 5.82 Å². The van der Waals surface area contributed by atoms with Crippen LogP contribution in [-0.2, 0) is 23.0 Å². The van der Waals surface area contributed by atoms with Gasteiger partial charge in [-0.25, -0.2) is 18.4 Å². The number of nitrogens with one attached hydrogen (secondary N) is 1. The molecule has 0 saturated heterocycles. The minimum atomic E-state index is -3.77. The van der Waals surface area contributed by atoms with Gasteiger partial charge in [0, 0.05) is 12.6 Å². The number of hydrogen-bond donors (Lipinski definition) is 1. The molecule has 5 aromatic rings. The van der Waals surface area contributed by atoms with Crippen LogP contribution in [0.5, 0.6) is 5.75 Å². The van der Waals surface area contributed by atoms with Gasteiger partial charge in [0.2, 0.25) is 0 Å². The molecule has 2 aromatic heterocycles. The summed E-state index contributed by atoms with van der Waals surface area (Å²) < 4.78 is 35.9. The van der Waals surface area contributed by atoms with Crippen LogP contribution in [0.25, 0.3) is 22.2 Å². The number of para-hydroxylation sites is 2. The van der Waals surface area contributed by atoms with Crippen molar-refractivity contribution in [1.82, 2.24) is 14.5 Å². The van der Waals surface area contributed by atoms with Crippen LogP contribution in [0.15, 0.2) is 89.8 Å². The van der Waals surface area contributed by atoms with Gasteiger partial charge in [-0.3, -0.25) is 4.72 Å². The van der Waals surface area contributed by atoms with Crippen molar-refractivity contribution in [2.75, 3.05) is 11.8 Å². The van der Waals surface area contributed by atoms with E-state index in [0.717, 1.165) is 22.3 Å². The van der Waals surface area contributed by atoms with E-state index in [4.69, 9.17) is 14.7 Å². The Hall–Kier alpha value is -3.91. The Kier molecular flexibility index (Phi) is 5.43. The van der Waals surface area contributed by atoms with Crippen molar-refractivity contribution in [3.8, 4) is 5.75 Å². The van der Waals surface area contributed by atoms with Crippen molar-refractivity contribution in [2.24, 2.45) is 0 Å². The molecule has 0 saturated carbocycles. The Bertz CT molecular complexity index is 1530. The molecule has 8 heteroatoms. The van der Waals surface area contributed by atoms with E-state index >= 15 is 0 Å².